The van der Waals surface area contributed by atoms with Gasteiger partial charge in [-0.1, -0.05) is 0 Å². The fourth-order valence-electron chi connectivity index (χ4n) is 2.12. The van der Waals surface area contributed by atoms with Crippen molar-refractivity contribution in [2.45, 2.75) is 25.3 Å². The van der Waals surface area contributed by atoms with Crippen LogP contribution in [0.25, 0.3) is 11.2 Å². The van der Waals surface area contributed by atoms with E-state index in [9.17, 15) is 4.79 Å². The highest BCUT2D eigenvalue weighted by molar-refractivity contribution is 5.88. The second-order valence-electron chi connectivity index (χ2n) is 4.31. The SMILES string of the molecule is O=C1NCCCC[C@H]1Nc1ncnc2nc[nH]c12. The summed E-state index contributed by atoms with van der Waals surface area (Å²) in [7, 11) is 0. The van der Waals surface area contributed by atoms with Crippen LogP contribution < -0.4 is 10.6 Å². The van der Waals surface area contributed by atoms with Gasteiger partial charge in [-0.3, -0.25) is 4.79 Å². The summed E-state index contributed by atoms with van der Waals surface area (Å²) in [5.74, 6) is 0.651. The van der Waals surface area contributed by atoms with E-state index in [2.05, 4.69) is 30.6 Å². The van der Waals surface area contributed by atoms with E-state index in [1.165, 1.54) is 6.33 Å². The van der Waals surface area contributed by atoms with Crippen molar-refractivity contribution in [2.24, 2.45) is 0 Å². The largest absolute Gasteiger partial charge is 0.356 e. The predicted molar refractivity (Wildman–Crippen MR) is 66.0 cm³/mol. The Morgan fingerprint density at radius 1 is 1.28 bits per heavy atom. The number of rotatable bonds is 2. The molecule has 0 aromatic carbocycles. The molecule has 1 fully saturated rings. The molecule has 3 rings (SSSR count). The average molecular weight is 246 g/mol. The monoisotopic (exact) mass is 246 g/mol. The Balaban J connectivity index is 1.86. The zero-order valence-electron chi connectivity index (χ0n) is 9.81. The number of hydrogen-bond donors (Lipinski definition) is 3. The number of imidazole rings is 1. The fourth-order valence-corrected chi connectivity index (χ4v) is 2.12. The summed E-state index contributed by atoms with van der Waals surface area (Å²) < 4.78 is 0. The lowest BCUT2D eigenvalue weighted by atomic mass is 10.1. The molecule has 1 aliphatic rings. The van der Waals surface area contributed by atoms with Crippen LogP contribution in [0.15, 0.2) is 12.7 Å². The Kier molecular flexibility index (Phi) is 2.79. The van der Waals surface area contributed by atoms with Crippen LogP contribution in [0.3, 0.4) is 0 Å². The topological polar surface area (TPSA) is 95.6 Å². The van der Waals surface area contributed by atoms with Crippen LogP contribution in [-0.2, 0) is 4.79 Å². The molecule has 94 valence electrons. The highest BCUT2D eigenvalue weighted by Gasteiger charge is 2.21. The molecule has 2 aromatic heterocycles. The van der Waals surface area contributed by atoms with Crippen molar-refractivity contribution in [1.82, 2.24) is 25.3 Å². The van der Waals surface area contributed by atoms with Gasteiger partial charge in [0.1, 0.15) is 17.9 Å². The number of amides is 1. The van der Waals surface area contributed by atoms with Gasteiger partial charge < -0.3 is 15.6 Å². The third-order valence-electron chi connectivity index (χ3n) is 3.07. The summed E-state index contributed by atoms with van der Waals surface area (Å²) in [4.78, 5) is 27.1. The third-order valence-corrected chi connectivity index (χ3v) is 3.07. The second-order valence-corrected chi connectivity index (χ2v) is 4.31. The first-order valence-electron chi connectivity index (χ1n) is 6.03. The van der Waals surface area contributed by atoms with Crippen molar-refractivity contribution in [3.8, 4) is 0 Å². The Labute approximate surface area is 103 Å². The van der Waals surface area contributed by atoms with Crippen LogP contribution in [0.1, 0.15) is 19.3 Å². The maximum atomic E-state index is 11.9. The van der Waals surface area contributed by atoms with Crippen molar-refractivity contribution >= 4 is 22.9 Å². The molecule has 3 heterocycles. The number of aromatic nitrogens is 4. The number of hydrogen-bond acceptors (Lipinski definition) is 5. The van der Waals surface area contributed by atoms with Gasteiger partial charge in [0.25, 0.3) is 0 Å². The number of H-pyrrole nitrogens is 1. The van der Waals surface area contributed by atoms with E-state index in [-0.39, 0.29) is 11.9 Å². The number of carbonyl (C=O) groups excluding carboxylic acids is 1. The maximum absolute atomic E-state index is 11.9. The van der Waals surface area contributed by atoms with Crippen LogP contribution in [-0.4, -0.2) is 38.4 Å². The third kappa shape index (κ3) is 1.99. The van der Waals surface area contributed by atoms with Crippen molar-refractivity contribution in [1.29, 1.82) is 0 Å². The van der Waals surface area contributed by atoms with E-state index in [1.807, 2.05) is 0 Å². The Morgan fingerprint density at radius 3 is 3.17 bits per heavy atom. The predicted octanol–water partition coefficient (Wildman–Crippen LogP) is 0.433. The van der Waals surface area contributed by atoms with Crippen LogP contribution >= 0.6 is 0 Å². The minimum absolute atomic E-state index is 0.0266. The summed E-state index contributed by atoms with van der Waals surface area (Å²) >= 11 is 0. The minimum Gasteiger partial charge on any atom is -0.356 e. The van der Waals surface area contributed by atoms with Gasteiger partial charge in [0.2, 0.25) is 5.91 Å². The number of nitrogens with zero attached hydrogens (tertiary/aromatic N) is 3. The maximum Gasteiger partial charge on any atom is 0.242 e. The zero-order valence-corrected chi connectivity index (χ0v) is 9.81. The average Bonchev–Trinajstić information content (AvgIpc) is 2.77. The van der Waals surface area contributed by atoms with Crippen LogP contribution in [0, 0.1) is 0 Å². The number of fused-ring (bicyclic) bond motifs is 1. The lowest BCUT2D eigenvalue weighted by molar-refractivity contribution is -0.121. The summed E-state index contributed by atoms with van der Waals surface area (Å²) in [6, 6.07) is -0.242. The van der Waals surface area contributed by atoms with E-state index in [0.29, 0.717) is 11.5 Å². The normalized spacial score (nSPS) is 20.4. The van der Waals surface area contributed by atoms with Gasteiger partial charge in [-0.05, 0) is 19.3 Å². The summed E-state index contributed by atoms with van der Waals surface area (Å²) in [5.41, 5.74) is 1.33. The highest BCUT2D eigenvalue weighted by atomic mass is 16.2. The molecule has 1 saturated heterocycles. The van der Waals surface area contributed by atoms with Gasteiger partial charge >= 0.3 is 0 Å². The molecule has 1 amide bonds. The number of carbonyl (C=O) groups is 1. The first-order chi connectivity index (χ1) is 8.84. The minimum atomic E-state index is -0.242. The second kappa shape index (κ2) is 4.59. The molecule has 0 radical (unpaired) electrons. The van der Waals surface area contributed by atoms with Gasteiger partial charge in [-0.25, -0.2) is 15.0 Å². The quantitative estimate of drug-likeness (QED) is 0.714. The van der Waals surface area contributed by atoms with Gasteiger partial charge in [-0.2, -0.15) is 0 Å². The molecular weight excluding hydrogens is 232 g/mol. The van der Waals surface area contributed by atoms with Crippen LogP contribution in [0.2, 0.25) is 0 Å². The first kappa shape index (κ1) is 10.9. The molecule has 1 aliphatic heterocycles. The molecule has 0 bridgehead atoms. The lowest BCUT2D eigenvalue weighted by Crippen LogP contribution is -2.38. The van der Waals surface area contributed by atoms with Gasteiger partial charge in [-0.15, -0.1) is 0 Å². The highest BCUT2D eigenvalue weighted by Crippen LogP contribution is 2.17. The molecule has 0 aliphatic carbocycles. The summed E-state index contributed by atoms with van der Waals surface area (Å²) in [6.45, 7) is 0.750. The van der Waals surface area contributed by atoms with E-state index in [1.54, 1.807) is 6.33 Å². The number of anilines is 1. The van der Waals surface area contributed by atoms with Crippen molar-refractivity contribution in [3.05, 3.63) is 12.7 Å². The molecule has 7 heteroatoms. The van der Waals surface area contributed by atoms with Crippen molar-refractivity contribution in [2.75, 3.05) is 11.9 Å². The standard InChI is InChI=1S/C11H14N6O/c18-11-7(3-1-2-4-12-11)17-10-8-9(14-5-13-8)15-6-16-10/h5-7H,1-4H2,(H,12,18)(H2,13,14,15,16,17)/t7-/m1/s1. The van der Waals surface area contributed by atoms with Crippen LogP contribution in [0.4, 0.5) is 5.82 Å². The van der Waals surface area contributed by atoms with Gasteiger partial charge in [0.05, 0.1) is 6.33 Å². The molecule has 1 atom stereocenters. The van der Waals surface area contributed by atoms with Gasteiger partial charge in [0.15, 0.2) is 11.5 Å². The molecular formula is C11H14N6O. The van der Waals surface area contributed by atoms with Crippen LogP contribution in [0.5, 0.6) is 0 Å². The zero-order chi connectivity index (χ0) is 12.4. The lowest BCUT2D eigenvalue weighted by Gasteiger charge is -2.15. The Hall–Kier alpha value is -2.18. The Bertz CT molecular complexity index is 565. The Morgan fingerprint density at radius 2 is 2.22 bits per heavy atom. The van der Waals surface area contributed by atoms with E-state index in [4.69, 9.17) is 0 Å². The summed E-state index contributed by atoms with van der Waals surface area (Å²) in [6.07, 6.45) is 5.87. The number of aromatic amines is 1. The van der Waals surface area contributed by atoms with E-state index in [0.717, 1.165) is 31.3 Å². The van der Waals surface area contributed by atoms with E-state index < -0.39 is 0 Å². The smallest absolute Gasteiger partial charge is 0.242 e. The van der Waals surface area contributed by atoms with Crippen molar-refractivity contribution in [3.63, 3.8) is 0 Å². The molecule has 0 unspecified atom stereocenters. The van der Waals surface area contributed by atoms with Gasteiger partial charge in [0, 0.05) is 6.54 Å². The molecule has 0 spiro atoms. The molecule has 7 nitrogen and oxygen atoms in total. The molecule has 18 heavy (non-hydrogen) atoms. The molecule has 2 aromatic rings. The summed E-state index contributed by atoms with van der Waals surface area (Å²) in [5, 5.41) is 6.05. The first-order valence-corrected chi connectivity index (χ1v) is 6.03. The molecule has 3 N–H and O–H groups in total. The number of nitrogens with one attached hydrogen (secondary N) is 3. The fraction of sp³-hybridized carbons (Fsp3) is 0.455. The van der Waals surface area contributed by atoms with Crippen molar-refractivity contribution < 1.29 is 4.79 Å². The van der Waals surface area contributed by atoms with E-state index >= 15 is 0 Å². The molecule has 0 saturated carbocycles.